The molecule has 0 aliphatic heterocycles. The molecule has 0 atom stereocenters. The number of thiazole rings is 1. The van der Waals surface area contributed by atoms with Gasteiger partial charge in [-0.2, -0.15) is 0 Å². The molecular weight excluding hydrogens is 310 g/mol. The number of anilines is 1. The number of nitrogens with zero attached hydrogens (tertiary/aromatic N) is 2. The van der Waals surface area contributed by atoms with Crippen LogP contribution in [0.25, 0.3) is 0 Å². The molecule has 0 fully saturated rings. The Labute approximate surface area is 127 Å². The summed E-state index contributed by atoms with van der Waals surface area (Å²) in [6.45, 7) is 0.0684. The fourth-order valence-corrected chi connectivity index (χ4v) is 3.09. The lowest BCUT2D eigenvalue weighted by molar-refractivity contribution is 0.101. The number of hydrogen-bond donors (Lipinski definition) is 1. The molecule has 0 saturated carbocycles. The van der Waals surface area contributed by atoms with Crippen LogP contribution in [0.15, 0.2) is 40.7 Å². The van der Waals surface area contributed by atoms with E-state index >= 15 is 0 Å². The summed E-state index contributed by atoms with van der Waals surface area (Å²) in [6.07, 6.45) is 1.64. The van der Waals surface area contributed by atoms with Crippen molar-refractivity contribution in [3.8, 4) is 0 Å². The van der Waals surface area contributed by atoms with Gasteiger partial charge in [-0.25, -0.2) is 17.7 Å². The Kier molecular flexibility index (Phi) is 4.71. The summed E-state index contributed by atoms with van der Waals surface area (Å²) in [6, 6.07) is 6.02. The second kappa shape index (κ2) is 6.33. The number of rotatable bonds is 6. The van der Waals surface area contributed by atoms with Crippen LogP contribution in [-0.2, 0) is 10.0 Å². The summed E-state index contributed by atoms with van der Waals surface area (Å²) >= 11 is 1.39. The fraction of sp³-hybridized carbons (Fsp3) is 0.231. The van der Waals surface area contributed by atoms with Crippen LogP contribution in [0.2, 0.25) is 0 Å². The maximum Gasteiger partial charge on any atom is 0.242 e. The van der Waals surface area contributed by atoms with E-state index in [0.717, 1.165) is 4.31 Å². The standard InChI is InChI=1S/C13H15N3O3S2/c1-16(2)21(18,19)11-5-3-4-10(8-11)12(17)9-15-13-14-6-7-20-13/h3-8H,9H2,1-2H3,(H,14,15). The Balaban J connectivity index is 2.15. The molecule has 21 heavy (non-hydrogen) atoms. The van der Waals surface area contributed by atoms with Crippen molar-refractivity contribution in [3.05, 3.63) is 41.4 Å². The first-order valence-corrected chi connectivity index (χ1v) is 8.42. The minimum absolute atomic E-state index is 0.0684. The van der Waals surface area contributed by atoms with Crippen molar-refractivity contribution in [1.82, 2.24) is 9.29 Å². The fourth-order valence-electron chi connectivity index (χ4n) is 1.61. The van der Waals surface area contributed by atoms with Gasteiger partial charge in [0.05, 0.1) is 11.4 Å². The molecule has 0 amide bonds. The Morgan fingerprint density at radius 2 is 2.14 bits per heavy atom. The highest BCUT2D eigenvalue weighted by Crippen LogP contribution is 2.16. The van der Waals surface area contributed by atoms with Gasteiger partial charge in [0.25, 0.3) is 0 Å². The van der Waals surface area contributed by atoms with Crippen LogP contribution >= 0.6 is 11.3 Å². The normalized spacial score (nSPS) is 11.6. The van der Waals surface area contributed by atoms with Crippen molar-refractivity contribution in [1.29, 1.82) is 0 Å². The number of sulfonamides is 1. The van der Waals surface area contributed by atoms with Gasteiger partial charge in [0.15, 0.2) is 10.9 Å². The number of nitrogens with one attached hydrogen (secondary N) is 1. The van der Waals surface area contributed by atoms with E-state index in [-0.39, 0.29) is 17.2 Å². The van der Waals surface area contributed by atoms with E-state index in [2.05, 4.69) is 10.3 Å². The van der Waals surface area contributed by atoms with E-state index in [9.17, 15) is 13.2 Å². The summed E-state index contributed by atoms with van der Waals surface area (Å²) in [5.74, 6) is -0.194. The minimum atomic E-state index is -3.54. The zero-order valence-electron chi connectivity index (χ0n) is 11.6. The third-order valence-electron chi connectivity index (χ3n) is 2.77. The Morgan fingerprint density at radius 1 is 1.38 bits per heavy atom. The summed E-state index contributed by atoms with van der Waals surface area (Å²) in [4.78, 5) is 16.2. The van der Waals surface area contributed by atoms with Crippen LogP contribution < -0.4 is 5.32 Å². The van der Waals surface area contributed by atoms with Gasteiger partial charge in [-0.15, -0.1) is 11.3 Å². The van der Waals surface area contributed by atoms with Gasteiger partial charge in [-0.3, -0.25) is 4.79 Å². The molecule has 0 aliphatic rings. The van der Waals surface area contributed by atoms with Crippen LogP contribution in [0, 0.1) is 0 Å². The van der Waals surface area contributed by atoms with E-state index in [4.69, 9.17) is 0 Å². The molecule has 2 aromatic rings. The molecule has 1 N–H and O–H groups in total. The lowest BCUT2D eigenvalue weighted by Gasteiger charge is -2.12. The topological polar surface area (TPSA) is 79.4 Å². The van der Waals surface area contributed by atoms with Gasteiger partial charge in [0, 0.05) is 31.2 Å². The maximum absolute atomic E-state index is 12.1. The van der Waals surface area contributed by atoms with Crippen LogP contribution in [0.5, 0.6) is 0 Å². The summed E-state index contributed by atoms with van der Waals surface area (Å²) in [5.41, 5.74) is 0.349. The number of ketones is 1. The second-order valence-electron chi connectivity index (χ2n) is 4.43. The van der Waals surface area contributed by atoms with Crippen molar-refractivity contribution in [2.75, 3.05) is 26.0 Å². The molecule has 1 heterocycles. The second-order valence-corrected chi connectivity index (χ2v) is 7.48. The van der Waals surface area contributed by atoms with Gasteiger partial charge in [-0.1, -0.05) is 12.1 Å². The molecule has 112 valence electrons. The molecule has 0 unspecified atom stereocenters. The number of carbonyl (C=O) groups excluding carboxylic acids is 1. The van der Waals surface area contributed by atoms with E-state index in [1.54, 1.807) is 23.7 Å². The van der Waals surface area contributed by atoms with Crippen LogP contribution in [0.3, 0.4) is 0 Å². The molecule has 8 heteroatoms. The SMILES string of the molecule is CN(C)S(=O)(=O)c1cccc(C(=O)CNc2nccs2)c1. The molecule has 0 radical (unpaired) electrons. The molecule has 6 nitrogen and oxygen atoms in total. The monoisotopic (exact) mass is 325 g/mol. The van der Waals surface area contributed by atoms with Crippen LogP contribution in [0.1, 0.15) is 10.4 Å². The average molecular weight is 325 g/mol. The van der Waals surface area contributed by atoms with Crippen molar-refractivity contribution >= 4 is 32.3 Å². The molecule has 0 saturated heterocycles. The van der Waals surface area contributed by atoms with Gasteiger partial charge in [0.2, 0.25) is 10.0 Å². The Bertz CT molecular complexity index is 725. The third-order valence-corrected chi connectivity index (χ3v) is 5.31. The number of hydrogen-bond acceptors (Lipinski definition) is 6. The van der Waals surface area contributed by atoms with Gasteiger partial charge < -0.3 is 5.32 Å². The number of Topliss-reactive ketones (excluding diaryl/α,β-unsaturated/α-hetero) is 1. The first kappa shape index (κ1) is 15.6. The van der Waals surface area contributed by atoms with E-state index in [0.29, 0.717) is 10.7 Å². The highest BCUT2D eigenvalue weighted by Gasteiger charge is 2.18. The Hall–Kier alpha value is -1.77. The predicted octanol–water partition coefficient (Wildman–Crippen LogP) is 1.69. The molecular formula is C13H15N3O3S2. The summed E-state index contributed by atoms with van der Waals surface area (Å²) in [7, 11) is -0.636. The van der Waals surface area contributed by atoms with Crippen molar-refractivity contribution in [2.45, 2.75) is 4.90 Å². The Morgan fingerprint density at radius 3 is 2.76 bits per heavy atom. The zero-order valence-corrected chi connectivity index (χ0v) is 13.2. The first-order chi connectivity index (χ1) is 9.91. The lowest BCUT2D eigenvalue weighted by atomic mass is 10.1. The number of aromatic nitrogens is 1. The molecule has 2 rings (SSSR count). The zero-order chi connectivity index (χ0) is 15.5. The molecule has 1 aromatic carbocycles. The number of carbonyl (C=O) groups is 1. The van der Waals surface area contributed by atoms with Crippen LogP contribution in [-0.4, -0.2) is 44.1 Å². The summed E-state index contributed by atoms with van der Waals surface area (Å²) < 4.78 is 25.2. The maximum atomic E-state index is 12.1. The van der Waals surface area contributed by atoms with Gasteiger partial charge in [0.1, 0.15) is 0 Å². The van der Waals surface area contributed by atoms with E-state index in [1.807, 2.05) is 0 Å². The van der Waals surface area contributed by atoms with Gasteiger partial charge in [-0.05, 0) is 12.1 Å². The van der Waals surface area contributed by atoms with Crippen molar-refractivity contribution < 1.29 is 13.2 Å². The quantitative estimate of drug-likeness (QED) is 0.818. The molecule has 0 bridgehead atoms. The average Bonchev–Trinajstić information content (AvgIpc) is 2.98. The van der Waals surface area contributed by atoms with Gasteiger partial charge >= 0.3 is 0 Å². The summed E-state index contributed by atoms with van der Waals surface area (Å²) in [5, 5.41) is 5.36. The lowest BCUT2D eigenvalue weighted by Crippen LogP contribution is -2.22. The predicted molar refractivity (Wildman–Crippen MR) is 82.2 cm³/mol. The van der Waals surface area contributed by atoms with Crippen molar-refractivity contribution in [2.24, 2.45) is 0 Å². The van der Waals surface area contributed by atoms with Crippen LogP contribution in [0.4, 0.5) is 5.13 Å². The number of benzene rings is 1. The van der Waals surface area contributed by atoms with E-state index in [1.165, 1.54) is 37.6 Å². The smallest absolute Gasteiger partial charge is 0.242 e. The molecule has 1 aromatic heterocycles. The highest BCUT2D eigenvalue weighted by atomic mass is 32.2. The highest BCUT2D eigenvalue weighted by molar-refractivity contribution is 7.89. The first-order valence-electron chi connectivity index (χ1n) is 6.10. The largest absolute Gasteiger partial charge is 0.354 e. The molecule has 0 aliphatic carbocycles. The third kappa shape index (κ3) is 3.66. The molecule has 0 spiro atoms. The minimum Gasteiger partial charge on any atom is -0.354 e. The van der Waals surface area contributed by atoms with Crippen molar-refractivity contribution in [3.63, 3.8) is 0 Å². The van der Waals surface area contributed by atoms with E-state index < -0.39 is 10.0 Å².